The number of nitrogens with zero attached hydrogens (tertiary/aromatic N) is 1. The van der Waals surface area contributed by atoms with Crippen molar-refractivity contribution in [2.24, 2.45) is 0 Å². The van der Waals surface area contributed by atoms with E-state index in [1.54, 1.807) is 6.92 Å². The molecular formula is C16H22F2N2O3. The number of carbonyl (C=O) groups excluding carboxylic acids is 1. The summed E-state index contributed by atoms with van der Waals surface area (Å²) >= 11 is 0. The first kappa shape index (κ1) is 17.6. The lowest BCUT2D eigenvalue weighted by molar-refractivity contribution is -0.149. The predicted octanol–water partition coefficient (Wildman–Crippen LogP) is 1.62. The summed E-state index contributed by atoms with van der Waals surface area (Å²) in [5.74, 6) is -4.48. The molecule has 0 bridgehead atoms. The molecular weight excluding hydrogens is 306 g/mol. The Morgan fingerprint density at radius 3 is 2.65 bits per heavy atom. The van der Waals surface area contributed by atoms with E-state index < -0.39 is 17.9 Å². The number of methoxy groups -OCH3 is 1. The second-order valence-electron chi connectivity index (χ2n) is 5.74. The Balaban J connectivity index is 2.02. The van der Waals surface area contributed by atoms with Gasteiger partial charge in [-0.3, -0.25) is 4.79 Å². The number of nitrogens with one attached hydrogen (secondary N) is 1. The molecule has 1 saturated heterocycles. The molecule has 1 heterocycles. The van der Waals surface area contributed by atoms with Crippen molar-refractivity contribution in [3.05, 3.63) is 29.8 Å². The Bertz CT molecular complexity index is 537. The van der Waals surface area contributed by atoms with Gasteiger partial charge in [-0.1, -0.05) is 0 Å². The van der Waals surface area contributed by atoms with Crippen LogP contribution in [0.3, 0.4) is 0 Å². The summed E-state index contributed by atoms with van der Waals surface area (Å²) in [5, 5.41) is 2.37. The molecule has 1 fully saturated rings. The van der Waals surface area contributed by atoms with Crippen LogP contribution in [-0.2, 0) is 15.5 Å². The summed E-state index contributed by atoms with van der Waals surface area (Å²) in [6.45, 7) is 3.58. The van der Waals surface area contributed by atoms with Crippen LogP contribution in [0.5, 0.6) is 5.75 Å². The number of hydrogen-bond acceptors (Lipinski definition) is 4. The van der Waals surface area contributed by atoms with Gasteiger partial charge in [0.2, 0.25) is 0 Å². The third-order valence-electron chi connectivity index (χ3n) is 3.95. The molecule has 5 nitrogen and oxygen atoms in total. The number of rotatable bonds is 5. The number of morpholine rings is 1. The highest BCUT2D eigenvalue weighted by atomic mass is 19.3. The van der Waals surface area contributed by atoms with E-state index in [-0.39, 0.29) is 11.7 Å². The average Bonchev–Trinajstić information content (AvgIpc) is 2.54. The van der Waals surface area contributed by atoms with Crippen LogP contribution in [0.15, 0.2) is 24.3 Å². The maximum absolute atomic E-state index is 14.3. The highest BCUT2D eigenvalue weighted by Crippen LogP contribution is 2.29. The molecule has 2 rings (SSSR count). The lowest BCUT2D eigenvalue weighted by Crippen LogP contribution is -2.53. The Hall–Kier alpha value is -1.73. The predicted molar refractivity (Wildman–Crippen MR) is 81.7 cm³/mol. The maximum atomic E-state index is 14.3. The van der Waals surface area contributed by atoms with Gasteiger partial charge in [0.05, 0.1) is 25.9 Å². The Labute approximate surface area is 134 Å². The second-order valence-corrected chi connectivity index (χ2v) is 5.74. The number of alkyl halides is 2. The molecule has 7 heteroatoms. The van der Waals surface area contributed by atoms with E-state index in [2.05, 4.69) is 5.32 Å². The molecule has 2 atom stereocenters. The number of halogens is 2. The van der Waals surface area contributed by atoms with E-state index in [9.17, 15) is 13.6 Å². The molecule has 0 unspecified atom stereocenters. The van der Waals surface area contributed by atoms with Gasteiger partial charge in [-0.05, 0) is 38.2 Å². The maximum Gasteiger partial charge on any atom is 0.349 e. The van der Waals surface area contributed by atoms with Crippen molar-refractivity contribution in [2.75, 3.05) is 33.9 Å². The number of likely N-dealkylation sites (N-methyl/N-ethyl adjacent to an activating group) is 1. The minimum Gasteiger partial charge on any atom is -0.497 e. The van der Waals surface area contributed by atoms with Gasteiger partial charge in [0.1, 0.15) is 5.75 Å². The van der Waals surface area contributed by atoms with Crippen molar-refractivity contribution in [2.45, 2.75) is 25.0 Å². The van der Waals surface area contributed by atoms with Gasteiger partial charge in [0.15, 0.2) is 0 Å². The molecule has 1 N–H and O–H groups in total. The van der Waals surface area contributed by atoms with Gasteiger partial charge in [-0.25, -0.2) is 0 Å². The van der Waals surface area contributed by atoms with Gasteiger partial charge >= 0.3 is 5.92 Å². The number of ether oxygens (including phenoxy) is 2. The minimum absolute atomic E-state index is 0.302. The molecule has 1 aromatic rings. The van der Waals surface area contributed by atoms with Gasteiger partial charge in [0.25, 0.3) is 5.91 Å². The summed E-state index contributed by atoms with van der Waals surface area (Å²) in [7, 11) is 3.37. The number of benzene rings is 1. The average molecular weight is 328 g/mol. The van der Waals surface area contributed by atoms with Crippen molar-refractivity contribution in [1.29, 1.82) is 0 Å². The quantitative estimate of drug-likeness (QED) is 0.892. The Kier molecular flexibility index (Phi) is 5.54. The molecule has 0 aliphatic carbocycles. The zero-order valence-electron chi connectivity index (χ0n) is 13.5. The summed E-state index contributed by atoms with van der Waals surface area (Å²) < 4.78 is 39.0. The van der Waals surface area contributed by atoms with Gasteiger partial charge < -0.3 is 19.7 Å². The third kappa shape index (κ3) is 4.17. The fourth-order valence-electron chi connectivity index (χ4n) is 2.44. The van der Waals surface area contributed by atoms with Crippen LogP contribution in [0, 0.1) is 0 Å². The monoisotopic (exact) mass is 328 g/mol. The molecule has 0 radical (unpaired) electrons. The number of carbonyl (C=O) groups is 1. The van der Waals surface area contributed by atoms with Crippen LogP contribution in [0.4, 0.5) is 8.78 Å². The van der Waals surface area contributed by atoms with Crippen molar-refractivity contribution < 1.29 is 23.0 Å². The van der Waals surface area contributed by atoms with E-state index in [0.717, 1.165) is 6.54 Å². The molecule has 0 aromatic heterocycles. The van der Waals surface area contributed by atoms with Crippen LogP contribution in [0.1, 0.15) is 12.5 Å². The number of hydrogen-bond donors (Lipinski definition) is 1. The minimum atomic E-state index is -3.61. The SMILES string of the molecule is COc1ccc(C(F)(F)C(=O)N[C@H](C)[C@@H]2CN(C)CCO2)cc1. The molecule has 23 heavy (non-hydrogen) atoms. The number of amides is 1. The fourth-order valence-corrected chi connectivity index (χ4v) is 2.44. The summed E-state index contributed by atoms with van der Waals surface area (Å²) in [6, 6.07) is 4.68. The second kappa shape index (κ2) is 7.23. The fraction of sp³-hybridized carbons (Fsp3) is 0.562. The smallest absolute Gasteiger partial charge is 0.349 e. The van der Waals surface area contributed by atoms with E-state index in [0.29, 0.717) is 18.9 Å². The van der Waals surface area contributed by atoms with Gasteiger partial charge in [-0.2, -0.15) is 8.78 Å². The topological polar surface area (TPSA) is 50.8 Å². The van der Waals surface area contributed by atoms with Crippen LogP contribution in [0.25, 0.3) is 0 Å². The van der Waals surface area contributed by atoms with Crippen molar-refractivity contribution in [3.8, 4) is 5.75 Å². The molecule has 0 saturated carbocycles. The molecule has 0 spiro atoms. The van der Waals surface area contributed by atoms with Crippen LogP contribution >= 0.6 is 0 Å². The first-order chi connectivity index (χ1) is 10.8. The lowest BCUT2D eigenvalue weighted by atomic mass is 10.1. The van der Waals surface area contributed by atoms with Gasteiger partial charge in [-0.15, -0.1) is 0 Å². The Morgan fingerprint density at radius 2 is 2.09 bits per heavy atom. The van der Waals surface area contributed by atoms with Crippen LogP contribution in [-0.4, -0.2) is 56.8 Å². The van der Waals surface area contributed by atoms with Crippen LogP contribution < -0.4 is 10.1 Å². The molecule has 1 aromatic carbocycles. The molecule has 1 amide bonds. The van der Waals surface area contributed by atoms with Crippen LogP contribution in [0.2, 0.25) is 0 Å². The van der Waals surface area contributed by atoms with E-state index >= 15 is 0 Å². The van der Waals surface area contributed by atoms with Crippen molar-refractivity contribution >= 4 is 5.91 Å². The summed E-state index contributed by atoms with van der Waals surface area (Å²) in [4.78, 5) is 14.0. The van der Waals surface area contributed by atoms with Gasteiger partial charge in [0, 0.05) is 18.7 Å². The van der Waals surface area contributed by atoms with E-state index in [1.165, 1.54) is 31.4 Å². The zero-order valence-corrected chi connectivity index (χ0v) is 13.5. The van der Waals surface area contributed by atoms with Crippen molar-refractivity contribution in [3.63, 3.8) is 0 Å². The first-order valence-electron chi connectivity index (χ1n) is 7.48. The summed E-state index contributed by atoms with van der Waals surface area (Å²) in [6.07, 6.45) is -0.302. The standard InChI is InChI=1S/C16H22F2N2O3/c1-11(14-10-20(2)8-9-23-14)19-15(21)16(17,18)12-4-6-13(22-3)7-5-12/h4-7,11,14H,8-10H2,1-3H3,(H,19,21)/t11-,14+/m1/s1. The zero-order chi connectivity index (χ0) is 17.0. The highest BCUT2D eigenvalue weighted by molar-refractivity contribution is 5.85. The lowest BCUT2D eigenvalue weighted by Gasteiger charge is -2.34. The highest BCUT2D eigenvalue weighted by Gasteiger charge is 2.42. The summed E-state index contributed by atoms with van der Waals surface area (Å²) in [5.41, 5.74) is -0.371. The Morgan fingerprint density at radius 1 is 1.43 bits per heavy atom. The van der Waals surface area contributed by atoms with Crippen molar-refractivity contribution in [1.82, 2.24) is 10.2 Å². The first-order valence-corrected chi connectivity index (χ1v) is 7.48. The van der Waals surface area contributed by atoms with E-state index in [1.807, 2.05) is 11.9 Å². The van der Waals surface area contributed by atoms with E-state index in [4.69, 9.17) is 9.47 Å². The largest absolute Gasteiger partial charge is 0.497 e. The molecule has 128 valence electrons. The molecule has 1 aliphatic heterocycles. The normalized spacial score (nSPS) is 20.8. The third-order valence-corrected chi connectivity index (χ3v) is 3.95. The molecule has 1 aliphatic rings.